The molecule has 2 heterocycles. The highest BCUT2D eigenvalue weighted by Gasteiger charge is 2.37. The van der Waals surface area contributed by atoms with Crippen molar-refractivity contribution in [2.75, 3.05) is 19.6 Å². The van der Waals surface area contributed by atoms with E-state index in [1.165, 1.54) is 9.21 Å². The van der Waals surface area contributed by atoms with Crippen molar-refractivity contribution >= 4 is 28.2 Å². The second kappa shape index (κ2) is 14.3. The summed E-state index contributed by atoms with van der Waals surface area (Å²) in [4.78, 5) is 27.6. The van der Waals surface area contributed by atoms with Gasteiger partial charge in [-0.2, -0.15) is 4.31 Å². The fourth-order valence-corrected chi connectivity index (χ4v) is 6.60. The Hall–Kier alpha value is -4.83. The second-order valence-electron chi connectivity index (χ2n) is 12.5. The predicted octanol–water partition coefficient (Wildman–Crippen LogP) is 5.93. The molecule has 1 saturated heterocycles. The first kappa shape index (κ1) is 33.5. The van der Waals surface area contributed by atoms with Gasteiger partial charge in [-0.1, -0.05) is 83.8 Å². The number of hydrogen-bond acceptors (Lipinski definition) is 6. The quantitative estimate of drug-likeness (QED) is 0.243. The first-order valence-electron chi connectivity index (χ1n) is 15.5. The highest BCUT2D eigenvalue weighted by Crippen LogP contribution is 2.24. The fourth-order valence-electron chi connectivity index (χ4n) is 5.28. The summed E-state index contributed by atoms with van der Waals surface area (Å²) in [5.41, 5.74) is 3.58. The number of carbonyl (C=O) groups excluding carboxylic acids is 2. The molecule has 0 saturated carbocycles. The second-order valence-corrected chi connectivity index (χ2v) is 14.4. The Balaban J connectivity index is 1.45. The molecule has 1 amide bonds. The number of sulfonamides is 1. The number of carbonyl (C=O) groups is 2. The lowest BCUT2D eigenvalue weighted by molar-refractivity contribution is -0.150. The number of likely N-dealkylation sites (tertiary alicyclic amines) is 1. The third-order valence-corrected chi connectivity index (χ3v) is 9.45. The maximum Gasteiger partial charge on any atom is 0.411 e. The average Bonchev–Trinajstić information content (AvgIpc) is 3.53. The Bertz CT molecular complexity index is 1900. The van der Waals surface area contributed by atoms with Crippen molar-refractivity contribution < 1.29 is 27.5 Å². The van der Waals surface area contributed by atoms with Crippen LogP contribution in [0.2, 0.25) is 0 Å². The Kier molecular flexibility index (Phi) is 10.2. The summed E-state index contributed by atoms with van der Waals surface area (Å²) in [7, 11) is -3.88. The number of nitrogens with zero attached hydrogens (tertiary/aromatic N) is 2. The molecule has 0 N–H and O–H groups in total. The van der Waals surface area contributed by atoms with Gasteiger partial charge in [0, 0.05) is 35.4 Å². The molecule has 0 spiro atoms. The smallest absolute Gasteiger partial charge is 0.411 e. The number of hydrogen-bond donors (Lipinski definition) is 0. The van der Waals surface area contributed by atoms with Crippen LogP contribution in [0.4, 0.5) is 4.79 Å². The number of amides is 1. The van der Waals surface area contributed by atoms with Crippen molar-refractivity contribution in [3.63, 3.8) is 0 Å². The van der Waals surface area contributed by atoms with Crippen LogP contribution in [0.25, 0.3) is 6.08 Å². The topological polar surface area (TPSA) is 93.2 Å². The predicted molar refractivity (Wildman–Crippen MR) is 180 cm³/mol. The Morgan fingerprint density at radius 1 is 0.957 bits per heavy atom. The van der Waals surface area contributed by atoms with Crippen molar-refractivity contribution in [1.29, 1.82) is 0 Å². The van der Waals surface area contributed by atoms with Gasteiger partial charge in [-0.3, -0.25) is 4.90 Å². The van der Waals surface area contributed by atoms with E-state index in [1.807, 2.05) is 55.5 Å². The van der Waals surface area contributed by atoms with Gasteiger partial charge in [0.2, 0.25) is 10.0 Å². The van der Waals surface area contributed by atoms with Crippen LogP contribution >= 0.6 is 0 Å². The Morgan fingerprint density at radius 3 is 2.43 bits per heavy atom. The number of rotatable bonds is 6. The molecule has 242 valence electrons. The van der Waals surface area contributed by atoms with Gasteiger partial charge in [0.15, 0.2) is 0 Å². The van der Waals surface area contributed by atoms with Crippen molar-refractivity contribution in [2.45, 2.75) is 63.7 Å². The van der Waals surface area contributed by atoms with E-state index in [0.29, 0.717) is 41.6 Å². The van der Waals surface area contributed by atoms with Crippen molar-refractivity contribution in [3.05, 3.63) is 106 Å². The van der Waals surface area contributed by atoms with Gasteiger partial charge in [-0.25, -0.2) is 18.0 Å². The fraction of sp³-hybridized carbons (Fsp3) is 0.316. The van der Waals surface area contributed by atoms with Crippen LogP contribution in [0, 0.1) is 30.6 Å². The minimum Gasteiger partial charge on any atom is -0.459 e. The van der Waals surface area contributed by atoms with Gasteiger partial charge in [0.1, 0.15) is 18.2 Å². The molecule has 0 aromatic heterocycles. The average molecular weight is 651 g/mol. The molecule has 1 fully saturated rings. The zero-order chi connectivity index (χ0) is 33.6. The van der Waals surface area contributed by atoms with Crippen LogP contribution < -0.4 is 0 Å². The molecule has 47 heavy (non-hydrogen) atoms. The number of fused-ring (bicyclic) bond motifs is 1. The summed E-state index contributed by atoms with van der Waals surface area (Å²) in [6.07, 6.45) is 2.50. The maximum atomic E-state index is 13.8. The number of aryl methyl sites for hydroxylation is 1. The standard InChI is InChI=1S/C38H38N2O6S/c1-28-17-20-33(21-18-28)47(43,44)39-23-9-15-31-13-8-14-32(34(31)22-19-30(26-39)25-29-11-6-5-7-12-29)27-45-36(41)35-16-10-24-40(35)37(42)46-38(2,3)4/h5-8,11-14,17-18,20-21,25,35H,10,16,23-24,26-27H2,1-4H3/b30-25+/t35-/m0/s1. The summed E-state index contributed by atoms with van der Waals surface area (Å²) >= 11 is 0. The number of esters is 1. The molecule has 0 radical (unpaired) electrons. The minimum atomic E-state index is -3.88. The Morgan fingerprint density at radius 2 is 1.70 bits per heavy atom. The summed E-state index contributed by atoms with van der Waals surface area (Å²) in [5, 5.41) is 0. The maximum absolute atomic E-state index is 13.8. The lowest BCUT2D eigenvalue weighted by atomic mass is 10.0. The molecule has 1 atom stereocenters. The van der Waals surface area contributed by atoms with Crippen LogP contribution in [-0.2, 0) is 30.9 Å². The first-order valence-corrected chi connectivity index (χ1v) is 17.0. The van der Waals surface area contributed by atoms with Gasteiger partial charge in [0.05, 0.1) is 11.4 Å². The molecule has 0 aliphatic carbocycles. The van der Waals surface area contributed by atoms with E-state index in [9.17, 15) is 18.0 Å². The number of benzene rings is 3. The molecule has 5 rings (SSSR count). The molecule has 9 heteroatoms. The van der Waals surface area contributed by atoms with E-state index in [2.05, 4.69) is 23.7 Å². The van der Waals surface area contributed by atoms with E-state index in [0.717, 1.165) is 11.1 Å². The van der Waals surface area contributed by atoms with E-state index < -0.39 is 33.7 Å². The molecular formula is C38H38N2O6S. The highest BCUT2D eigenvalue weighted by atomic mass is 32.2. The molecule has 0 unspecified atom stereocenters. The highest BCUT2D eigenvalue weighted by molar-refractivity contribution is 7.89. The van der Waals surface area contributed by atoms with Crippen molar-refractivity contribution in [3.8, 4) is 23.7 Å². The van der Waals surface area contributed by atoms with Gasteiger partial charge in [-0.15, -0.1) is 0 Å². The third-order valence-electron chi connectivity index (χ3n) is 7.65. The van der Waals surface area contributed by atoms with Crippen molar-refractivity contribution in [1.82, 2.24) is 9.21 Å². The molecule has 0 bridgehead atoms. The van der Waals surface area contributed by atoms with Crippen LogP contribution in [-0.4, -0.2) is 61.0 Å². The Labute approximate surface area is 277 Å². The van der Waals surface area contributed by atoms with Crippen LogP contribution in [0.5, 0.6) is 0 Å². The van der Waals surface area contributed by atoms with E-state index >= 15 is 0 Å². The first-order chi connectivity index (χ1) is 22.4. The molecular weight excluding hydrogens is 612 g/mol. The van der Waals surface area contributed by atoms with Gasteiger partial charge in [0.25, 0.3) is 0 Å². The van der Waals surface area contributed by atoms with Gasteiger partial charge in [-0.05, 0) is 70.4 Å². The van der Waals surface area contributed by atoms with Crippen molar-refractivity contribution in [2.24, 2.45) is 0 Å². The summed E-state index contributed by atoms with van der Waals surface area (Å²) in [6, 6.07) is 21.0. The molecule has 2 aliphatic heterocycles. The summed E-state index contributed by atoms with van der Waals surface area (Å²) in [6.45, 7) is 7.58. The zero-order valence-corrected chi connectivity index (χ0v) is 27.9. The lowest BCUT2D eigenvalue weighted by Gasteiger charge is -2.27. The lowest BCUT2D eigenvalue weighted by Crippen LogP contribution is -2.44. The molecule has 2 aliphatic rings. The van der Waals surface area contributed by atoms with E-state index in [1.54, 1.807) is 51.1 Å². The van der Waals surface area contributed by atoms with E-state index in [4.69, 9.17) is 9.47 Å². The third kappa shape index (κ3) is 8.51. The molecule has 8 nitrogen and oxygen atoms in total. The number of ether oxygens (including phenoxy) is 2. The zero-order valence-electron chi connectivity index (χ0n) is 27.1. The van der Waals surface area contributed by atoms with Crippen LogP contribution in [0.1, 0.15) is 61.4 Å². The minimum absolute atomic E-state index is 0.0153. The largest absolute Gasteiger partial charge is 0.459 e. The van der Waals surface area contributed by atoms with Gasteiger partial charge < -0.3 is 9.47 Å². The summed E-state index contributed by atoms with van der Waals surface area (Å²) in [5.74, 6) is 12.1. The van der Waals surface area contributed by atoms with Crippen LogP contribution in [0.15, 0.2) is 83.3 Å². The monoisotopic (exact) mass is 650 g/mol. The molecule has 3 aromatic carbocycles. The normalized spacial score (nSPS) is 17.5. The van der Waals surface area contributed by atoms with Gasteiger partial charge >= 0.3 is 12.1 Å². The van der Waals surface area contributed by atoms with E-state index in [-0.39, 0.29) is 24.6 Å². The van der Waals surface area contributed by atoms with Crippen LogP contribution in [0.3, 0.4) is 0 Å². The SMILES string of the molecule is Cc1ccc(S(=O)(=O)N2CC#Cc3cccc(COC(=O)[C@@H]4CCCN4C(=O)OC(C)(C)C)c3C#C/C(=C\c3ccccc3)C2)cc1. The summed E-state index contributed by atoms with van der Waals surface area (Å²) < 4.78 is 40.1. The molecule has 3 aromatic rings.